The van der Waals surface area contributed by atoms with Crippen molar-refractivity contribution in [3.8, 4) is 6.07 Å². The summed E-state index contributed by atoms with van der Waals surface area (Å²) in [5, 5.41) is 27.7. The van der Waals surface area contributed by atoms with Crippen molar-refractivity contribution < 1.29 is 23.1 Å². The van der Waals surface area contributed by atoms with Crippen molar-refractivity contribution in [2.45, 2.75) is 56.1 Å². The second kappa shape index (κ2) is 9.00. The summed E-state index contributed by atoms with van der Waals surface area (Å²) in [6.45, 7) is 5.32. The molecule has 1 aliphatic heterocycles. The maximum Gasteiger partial charge on any atom is 0.336 e. The maximum absolute atomic E-state index is 12.9. The number of carbonyl (C=O) groups is 1. The third-order valence-corrected chi connectivity index (χ3v) is 8.22. The van der Waals surface area contributed by atoms with E-state index >= 15 is 0 Å². The van der Waals surface area contributed by atoms with E-state index in [4.69, 9.17) is 4.74 Å². The second-order valence-corrected chi connectivity index (χ2v) is 12.5. The van der Waals surface area contributed by atoms with E-state index in [-0.39, 0.29) is 42.0 Å². The fourth-order valence-electron chi connectivity index (χ4n) is 4.87. The average Bonchev–Trinajstić information content (AvgIpc) is 3.19. The van der Waals surface area contributed by atoms with Gasteiger partial charge >= 0.3 is 5.97 Å². The molecule has 2 aromatic heterocycles. The van der Waals surface area contributed by atoms with Crippen LogP contribution < -0.4 is 10.9 Å². The van der Waals surface area contributed by atoms with Gasteiger partial charge in [0.25, 0.3) is 5.56 Å². The molecule has 0 aliphatic carbocycles. The molecule has 0 bridgehead atoms. The number of pyridine rings is 1. The molecule has 4 rings (SSSR count). The topological polar surface area (TPSA) is 167 Å². The van der Waals surface area contributed by atoms with E-state index in [1.54, 1.807) is 43.7 Å². The van der Waals surface area contributed by atoms with Crippen LogP contribution in [0.3, 0.4) is 0 Å². The minimum atomic E-state index is -3.37. The van der Waals surface area contributed by atoms with E-state index in [1.165, 1.54) is 18.3 Å². The molecule has 1 aromatic carbocycles. The lowest BCUT2D eigenvalue weighted by atomic mass is 9.69. The number of nitrogens with one attached hydrogen (secondary N) is 2. The number of ether oxygens (including phenoxy) is 1. The van der Waals surface area contributed by atoms with Gasteiger partial charge in [-0.3, -0.25) is 9.48 Å². The largest absolute Gasteiger partial charge is 0.479 e. The molecule has 3 aromatic rings. The van der Waals surface area contributed by atoms with Crippen LogP contribution in [-0.2, 0) is 24.9 Å². The molecule has 0 amide bonds. The van der Waals surface area contributed by atoms with E-state index < -0.39 is 37.9 Å². The molecule has 1 fully saturated rings. The summed E-state index contributed by atoms with van der Waals surface area (Å²) in [5.41, 5.74) is -2.59. The lowest BCUT2D eigenvalue weighted by Gasteiger charge is -2.49. The SMILES string of the molecule is CC(C)(C)[C@]1(C(=O)O)CC[C@](CC#N)(n2nc(Nc3ccc(S(C)(=O)=O)cc3)c3c(=O)[nH]ccc32)CO1. The first-order valence-electron chi connectivity index (χ1n) is 11.7. The number of carboxylic acid groups (broad SMARTS) is 1. The van der Waals surface area contributed by atoms with Gasteiger partial charge < -0.3 is 20.1 Å². The number of aromatic nitrogens is 3. The molecule has 0 unspecified atom stereocenters. The predicted molar refractivity (Wildman–Crippen MR) is 136 cm³/mol. The normalized spacial score (nSPS) is 22.5. The molecule has 0 radical (unpaired) electrons. The Hall–Kier alpha value is -3.69. The minimum absolute atomic E-state index is 0.0150. The first kappa shape index (κ1) is 26.4. The number of sulfone groups is 1. The van der Waals surface area contributed by atoms with Gasteiger partial charge in [-0.05, 0) is 43.2 Å². The van der Waals surface area contributed by atoms with Gasteiger partial charge in [-0.2, -0.15) is 10.4 Å². The molecule has 0 spiro atoms. The number of rotatable bonds is 6. The molecule has 1 saturated heterocycles. The lowest BCUT2D eigenvalue weighted by Crippen LogP contribution is -2.59. The number of carboxylic acids is 1. The van der Waals surface area contributed by atoms with Gasteiger partial charge in [0.05, 0.1) is 35.0 Å². The Kier molecular flexibility index (Phi) is 6.42. The van der Waals surface area contributed by atoms with E-state index in [0.717, 1.165) is 6.26 Å². The highest BCUT2D eigenvalue weighted by molar-refractivity contribution is 7.90. The zero-order valence-corrected chi connectivity index (χ0v) is 21.8. The van der Waals surface area contributed by atoms with Crippen LogP contribution in [0.4, 0.5) is 11.5 Å². The lowest BCUT2D eigenvalue weighted by molar-refractivity contribution is -0.206. The second-order valence-electron chi connectivity index (χ2n) is 10.5. The summed E-state index contributed by atoms with van der Waals surface area (Å²) in [6, 6.07) is 9.88. The number of nitriles is 1. The maximum atomic E-state index is 12.9. The summed E-state index contributed by atoms with van der Waals surface area (Å²) in [6.07, 6.45) is 3.01. The Morgan fingerprint density at radius 1 is 1.27 bits per heavy atom. The summed E-state index contributed by atoms with van der Waals surface area (Å²) in [4.78, 5) is 27.9. The molecular formula is C25H29N5O6S. The average molecular weight is 528 g/mol. The number of benzene rings is 1. The molecule has 12 heteroatoms. The van der Waals surface area contributed by atoms with Crippen molar-refractivity contribution in [1.82, 2.24) is 14.8 Å². The quantitative estimate of drug-likeness (QED) is 0.436. The summed E-state index contributed by atoms with van der Waals surface area (Å²) < 4.78 is 31.3. The van der Waals surface area contributed by atoms with E-state index in [9.17, 15) is 28.4 Å². The molecule has 3 heterocycles. The van der Waals surface area contributed by atoms with Gasteiger partial charge in [-0.25, -0.2) is 13.2 Å². The Morgan fingerprint density at radius 2 is 1.95 bits per heavy atom. The zero-order valence-electron chi connectivity index (χ0n) is 21.0. The monoisotopic (exact) mass is 527 g/mol. The fourth-order valence-corrected chi connectivity index (χ4v) is 5.50. The number of aromatic amines is 1. The van der Waals surface area contributed by atoms with E-state index in [2.05, 4.69) is 21.5 Å². The summed E-state index contributed by atoms with van der Waals surface area (Å²) in [7, 11) is -3.37. The number of fused-ring (bicyclic) bond motifs is 1. The Bertz CT molecular complexity index is 1550. The minimum Gasteiger partial charge on any atom is -0.479 e. The van der Waals surface area contributed by atoms with Crippen LogP contribution in [0.1, 0.15) is 40.0 Å². The number of anilines is 2. The van der Waals surface area contributed by atoms with E-state index in [0.29, 0.717) is 11.2 Å². The number of nitrogens with zero attached hydrogens (tertiary/aromatic N) is 3. The Morgan fingerprint density at radius 3 is 2.46 bits per heavy atom. The van der Waals surface area contributed by atoms with Crippen molar-refractivity contribution in [3.05, 3.63) is 46.9 Å². The smallest absolute Gasteiger partial charge is 0.336 e. The highest BCUT2D eigenvalue weighted by Gasteiger charge is 2.56. The predicted octanol–water partition coefficient (Wildman–Crippen LogP) is 3.16. The van der Waals surface area contributed by atoms with Crippen LogP contribution in [-0.4, -0.2) is 52.7 Å². The van der Waals surface area contributed by atoms with E-state index in [1.807, 2.05) is 0 Å². The molecular weight excluding hydrogens is 498 g/mol. The van der Waals surface area contributed by atoms with Gasteiger partial charge in [0.2, 0.25) is 0 Å². The highest BCUT2D eigenvalue weighted by Crippen LogP contribution is 2.47. The highest BCUT2D eigenvalue weighted by atomic mass is 32.2. The van der Waals surface area contributed by atoms with Crippen LogP contribution in [0.2, 0.25) is 0 Å². The van der Waals surface area contributed by atoms with Crippen LogP contribution >= 0.6 is 0 Å². The summed E-state index contributed by atoms with van der Waals surface area (Å²) in [5.74, 6) is -0.848. The van der Waals surface area contributed by atoms with Gasteiger partial charge in [-0.1, -0.05) is 20.8 Å². The van der Waals surface area contributed by atoms with Crippen molar-refractivity contribution in [3.63, 3.8) is 0 Å². The Labute approximate surface area is 214 Å². The first-order chi connectivity index (χ1) is 17.2. The third-order valence-electron chi connectivity index (χ3n) is 7.09. The Balaban J connectivity index is 1.80. The van der Waals surface area contributed by atoms with Crippen LogP contribution in [0, 0.1) is 16.7 Å². The summed E-state index contributed by atoms with van der Waals surface area (Å²) >= 11 is 0. The van der Waals surface area contributed by atoms with Crippen LogP contribution in [0.15, 0.2) is 46.2 Å². The van der Waals surface area contributed by atoms with Crippen molar-refractivity contribution >= 4 is 38.2 Å². The standard InChI is InChI=1S/C25H29N5O6S/c1-23(2,3)25(22(32)33)11-10-24(12-13-26,15-36-25)30-18-9-14-27-21(31)19(18)20(29-30)28-16-5-7-17(8-6-16)37(4,34)35/h5-9,14H,10-12,15H2,1-4H3,(H,27,31)(H,28,29)(H,32,33)/t24-,25-/m1/s1. The first-order valence-corrected chi connectivity index (χ1v) is 13.6. The van der Waals surface area contributed by atoms with Crippen LogP contribution in [0.5, 0.6) is 0 Å². The molecule has 2 atom stereocenters. The molecule has 3 N–H and O–H groups in total. The molecule has 37 heavy (non-hydrogen) atoms. The van der Waals surface area contributed by atoms with Crippen molar-refractivity contribution in [2.24, 2.45) is 5.41 Å². The molecule has 0 saturated carbocycles. The van der Waals surface area contributed by atoms with Gasteiger partial charge in [0, 0.05) is 23.6 Å². The van der Waals surface area contributed by atoms with Crippen LogP contribution in [0.25, 0.3) is 10.9 Å². The fraction of sp³-hybridized carbons (Fsp3) is 0.440. The number of hydrogen-bond donors (Lipinski definition) is 3. The van der Waals surface area contributed by atoms with Gasteiger partial charge in [0.1, 0.15) is 5.39 Å². The zero-order chi connectivity index (χ0) is 27.2. The number of hydrogen-bond acceptors (Lipinski definition) is 8. The third kappa shape index (κ3) is 4.49. The van der Waals surface area contributed by atoms with Gasteiger partial charge in [0.15, 0.2) is 21.3 Å². The molecule has 1 aliphatic rings. The number of aliphatic carboxylic acids is 1. The molecule has 11 nitrogen and oxygen atoms in total. The van der Waals surface area contributed by atoms with Crippen molar-refractivity contribution in [2.75, 3.05) is 18.2 Å². The molecule has 196 valence electrons. The number of H-pyrrole nitrogens is 1. The van der Waals surface area contributed by atoms with Gasteiger partial charge in [-0.15, -0.1) is 0 Å². The van der Waals surface area contributed by atoms with Crippen molar-refractivity contribution in [1.29, 1.82) is 5.26 Å².